The summed E-state index contributed by atoms with van der Waals surface area (Å²) in [5.74, 6) is 3.70. The number of hydrogen-bond donors (Lipinski definition) is 0. The van der Waals surface area contributed by atoms with Crippen molar-refractivity contribution in [2.75, 3.05) is 52.7 Å². The SMILES string of the molecule is O=C(Cc1ccc(Oc2ccnc3cc(OCCCN4CCOCC4)c4c(c23)OCCO4)cc1Cl)CC1CCC1. The fourth-order valence-electron chi connectivity index (χ4n) is 5.43. The van der Waals surface area contributed by atoms with Gasteiger partial charge in [0.15, 0.2) is 11.5 Å². The predicted octanol–water partition coefficient (Wildman–Crippen LogP) is 5.85. The van der Waals surface area contributed by atoms with Crippen LogP contribution < -0.4 is 18.9 Å². The van der Waals surface area contributed by atoms with Gasteiger partial charge in [0.05, 0.1) is 30.7 Å². The molecule has 1 aliphatic carbocycles. The van der Waals surface area contributed by atoms with E-state index in [4.69, 9.17) is 35.3 Å². The van der Waals surface area contributed by atoms with E-state index >= 15 is 0 Å². The molecule has 0 unspecified atom stereocenters. The summed E-state index contributed by atoms with van der Waals surface area (Å²) in [5, 5.41) is 1.24. The van der Waals surface area contributed by atoms with E-state index < -0.39 is 0 Å². The van der Waals surface area contributed by atoms with Crippen LogP contribution in [0.1, 0.15) is 37.7 Å². The molecule has 0 atom stereocenters. The zero-order valence-corrected chi connectivity index (χ0v) is 23.4. The molecule has 0 radical (unpaired) electrons. The standard InChI is InChI=1S/C31H35ClN2O6/c32-25-19-24(6-5-22(25)18-23(35)17-21-3-1-4-21)40-27-7-8-33-26-20-28(30-31(29(26)27)39-16-15-38-30)37-12-2-9-34-10-13-36-14-11-34/h5-8,19-21H,1-4,9-18H2. The van der Waals surface area contributed by atoms with Crippen LogP contribution in [0.15, 0.2) is 36.5 Å². The maximum absolute atomic E-state index is 12.5. The highest BCUT2D eigenvalue weighted by molar-refractivity contribution is 6.31. The smallest absolute Gasteiger partial charge is 0.204 e. The number of ketones is 1. The molecule has 212 valence electrons. The van der Waals surface area contributed by atoms with Crippen molar-refractivity contribution in [2.45, 2.75) is 38.5 Å². The minimum Gasteiger partial charge on any atom is -0.489 e. The average molecular weight is 567 g/mol. The van der Waals surface area contributed by atoms with Crippen molar-refractivity contribution < 1.29 is 28.5 Å². The van der Waals surface area contributed by atoms with E-state index in [-0.39, 0.29) is 5.78 Å². The number of ether oxygens (including phenoxy) is 5. The number of halogens is 1. The van der Waals surface area contributed by atoms with Crippen LogP contribution in [0.2, 0.25) is 5.02 Å². The van der Waals surface area contributed by atoms with Gasteiger partial charge in [0, 0.05) is 49.8 Å². The Bertz CT molecular complexity index is 1360. The monoisotopic (exact) mass is 566 g/mol. The molecule has 3 aromatic rings. The molecule has 0 spiro atoms. The van der Waals surface area contributed by atoms with Crippen LogP contribution in [0, 0.1) is 5.92 Å². The summed E-state index contributed by atoms with van der Waals surface area (Å²) in [4.78, 5) is 19.4. The molecule has 1 saturated heterocycles. The fourth-order valence-corrected chi connectivity index (χ4v) is 5.66. The summed E-state index contributed by atoms with van der Waals surface area (Å²) in [7, 11) is 0. The molecule has 2 aromatic carbocycles. The Labute approximate surface area is 239 Å². The second kappa shape index (κ2) is 12.6. The Morgan fingerprint density at radius 1 is 1.02 bits per heavy atom. The van der Waals surface area contributed by atoms with Crippen molar-refractivity contribution >= 4 is 28.3 Å². The zero-order chi connectivity index (χ0) is 27.3. The first-order valence-corrected chi connectivity index (χ1v) is 14.6. The maximum atomic E-state index is 12.5. The Morgan fingerprint density at radius 3 is 2.62 bits per heavy atom. The van der Waals surface area contributed by atoms with Gasteiger partial charge in [-0.2, -0.15) is 0 Å². The van der Waals surface area contributed by atoms with Crippen LogP contribution in [-0.4, -0.2) is 68.3 Å². The number of benzene rings is 2. The highest BCUT2D eigenvalue weighted by Gasteiger charge is 2.25. The van der Waals surface area contributed by atoms with Gasteiger partial charge in [0.2, 0.25) is 5.75 Å². The molecular formula is C31H35ClN2O6. The van der Waals surface area contributed by atoms with E-state index in [0.717, 1.165) is 57.7 Å². The van der Waals surface area contributed by atoms with Crippen LogP contribution in [0.5, 0.6) is 28.7 Å². The Morgan fingerprint density at radius 2 is 1.85 bits per heavy atom. The number of fused-ring (bicyclic) bond motifs is 3. The molecule has 2 fully saturated rings. The van der Waals surface area contributed by atoms with Gasteiger partial charge in [0.1, 0.15) is 30.5 Å². The zero-order valence-electron chi connectivity index (χ0n) is 22.7. The molecule has 40 heavy (non-hydrogen) atoms. The lowest BCUT2D eigenvalue weighted by Gasteiger charge is -2.26. The number of carbonyl (C=O) groups is 1. The normalized spacial score (nSPS) is 17.4. The molecule has 2 aliphatic heterocycles. The number of carbonyl (C=O) groups excluding carboxylic acids is 1. The number of aromatic nitrogens is 1. The molecule has 0 N–H and O–H groups in total. The number of Topliss-reactive ketones (excluding diaryl/α,β-unsaturated/α-hetero) is 1. The third kappa shape index (κ3) is 6.29. The number of hydrogen-bond acceptors (Lipinski definition) is 8. The fraction of sp³-hybridized carbons (Fsp3) is 0.484. The number of pyridine rings is 1. The predicted molar refractivity (Wildman–Crippen MR) is 152 cm³/mol. The summed E-state index contributed by atoms with van der Waals surface area (Å²) in [5.41, 5.74) is 1.51. The minimum absolute atomic E-state index is 0.239. The van der Waals surface area contributed by atoms with Gasteiger partial charge in [0.25, 0.3) is 0 Å². The first-order valence-electron chi connectivity index (χ1n) is 14.3. The summed E-state index contributed by atoms with van der Waals surface area (Å²) >= 11 is 6.57. The summed E-state index contributed by atoms with van der Waals surface area (Å²) < 4.78 is 30.0. The van der Waals surface area contributed by atoms with Gasteiger partial charge in [-0.1, -0.05) is 36.9 Å². The first kappa shape index (κ1) is 27.1. The van der Waals surface area contributed by atoms with Crippen molar-refractivity contribution in [3.63, 3.8) is 0 Å². The van der Waals surface area contributed by atoms with Crippen molar-refractivity contribution in [3.05, 3.63) is 47.1 Å². The van der Waals surface area contributed by atoms with Crippen LogP contribution in [0.25, 0.3) is 10.9 Å². The molecule has 6 rings (SSSR count). The Kier molecular flexibility index (Phi) is 8.56. The Balaban J connectivity index is 1.17. The van der Waals surface area contributed by atoms with Crippen LogP contribution >= 0.6 is 11.6 Å². The highest BCUT2D eigenvalue weighted by Crippen LogP contribution is 2.48. The third-order valence-electron chi connectivity index (χ3n) is 7.80. The molecule has 3 heterocycles. The van der Waals surface area contributed by atoms with Crippen LogP contribution in [-0.2, 0) is 16.0 Å². The largest absolute Gasteiger partial charge is 0.489 e. The molecule has 1 saturated carbocycles. The third-order valence-corrected chi connectivity index (χ3v) is 8.16. The van der Waals surface area contributed by atoms with E-state index in [9.17, 15) is 4.79 Å². The quantitative estimate of drug-likeness (QED) is 0.267. The van der Waals surface area contributed by atoms with E-state index in [0.29, 0.717) is 83.3 Å². The molecule has 9 heteroatoms. The summed E-state index contributed by atoms with van der Waals surface area (Å²) in [6.45, 7) is 5.88. The van der Waals surface area contributed by atoms with Gasteiger partial charge >= 0.3 is 0 Å². The van der Waals surface area contributed by atoms with Gasteiger partial charge < -0.3 is 23.7 Å². The van der Waals surface area contributed by atoms with E-state index in [1.165, 1.54) is 6.42 Å². The van der Waals surface area contributed by atoms with Gasteiger partial charge in [-0.05, 0) is 36.1 Å². The second-order valence-electron chi connectivity index (χ2n) is 10.7. The molecule has 1 aromatic heterocycles. The van der Waals surface area contributed by atoms with Crippen LogP contribution in [0.3, 0.4) is 0 Å². The number of nitrogens with zero attached hydrogens (tertiary/aromatic N) is 2. The molecule has 8 nitrogen and oxygen atoms in total. The summed E-state index contributed by atoms with van der Waals surface area (Å²) in [6.07, 6.45) is 7.14. The molecular weight excluding hydrogens is 532 g/mol. The van der Waals surface area contributed by atoms with Gasteiger partial charge in [-0.3, -0.25) is 14.7 Å². The summed E-state index contributed by atoms with van der Waals surface area (Å²) in [6, 6.07) is 9.16. The van der Waals surface area contributed by atoms with E-state index in [1.54, 1.807) is 18.3 Å². The van der Waals surface area contributed by atoms with Crippen molar-refractivity contribution in [2.24, 2.45) is 5.92 Å². The lowest BCUT2D eigenvalue weighted by Crippen LogP contribution is -2.37. The molecule has 0 bridgehead atoms. The van der Waals surface area contributed by atoms with Gasteiger partial charge in [-0.15, -0.1) is 0 Å². The second-order valence-corrected chi connectivity index (χ2v) is 11.1. The van der Waals surface area contributed by atoms with Gasteiger partial charge in [-0.25, -0.2) is 0 Å². The van der Waals surface area contributed by atoms with E-state index in [2.05, 4.69) is 9.88 Å². The lowest BCUT2D eigenvalue weighted by molar-refractivity contribution is -0.119. The first-order chi connectivity index (χ1) is 19.6. The van der Waals surface area contributed by atoms with Crippen molar-refractivity contribution in [1.29, 1.82) is 0 Å². The Hall–Kier alpha value is -3.07. The average Bonchev–Trinajstić information content (AvgIpc) is 2.95. The maximum Gasteiger partial charge on any atom is 0.204 e. The molecule has 3 aliphatic rings. The van der Waals surface area contributed by atoms with Crippen LogP contribution in [0.4, 0.5) is 0 Å². The highest BCUT2D eigenvalue weighted by atomic mass is 35.5. The van der Waals surface area contributed by atoms with E-state index in [1.807, 2.05) is 18.2 Å². The lowest BCUT2D eigenvalue weighted by atomic mass is 9.81. The van der Waals surface area contributed by atoms with Crippen molar-refractivity contribution in [1.82, 2.24) is 9.88 Å². The topological polar surface area (TPSA) is 79.4 Å². The van der Waals surface area contributed by atoms with Crippen molar-refractivity contribution in [3.8, 4) is 28.7 Å². The molecule has 0 amide bonds. The number of rotatable bonds is 11. The minimum atomic E-state index is 0.239. The number of morpholine rings is 1.